The smallest absolute Gasteiger partial charge is 0.256 e. The molecule has 1 unspecified atom stereocenters. The molecule has 3 heterocycles. The number of carbonyl (C=O) groups excluding carboxylic acids is 1. The Kier molecular flexibility index (Phi) is 4.39. The van der Waals surface area contributed by atoms with Crippen molar-refractivity contribution in [1.82, 2.24) is 25.0 Å². The second-order valence-corrected chi connectivity index (χ2v) is 6.97. The minimum Gasteiger partial charge on any atom is -0.329 e. The number of aryl methyl sites for hydroxylation is 3. The lowest BCUT2D eigenvalue weighted by Gasteiger charge is -2.36. The first kappa shape index (κ1) is 17.6. The van der Waals surface area contributed by atoms with E-state index in [-0.39, 0.29) is 17.8 Å². The molecule has 0 saturated carbocycles. The molecule has 1 aliphatic heterocycles. The Hall–Kier alpha value is -2.80. The van der Waals surface area contributed by atoms with Gasteiger partial charge in [-0.05, 0) is 37.6 Å². The molecule has 1 N–H and O–H groups in total. The van der Waals surface area contributed by atoms with Crippen molar-refractivity contribution >= 4 is 16.9 Å². The molecule has 27 heavy (non-hydrogen) atoms. The summed E-state index contributed by atoms with van der Waals surface area (Å²) in [6, 6.07) is 8.12. The zero-order valence-electron chi connectivity index (χ0n) is 15.7. The molecular weight excluding hydrogens is 345 g/mol. The topological polar surface area (TPSA) is 63.1 Å². The summed E-state index contributed by atoms with van der Waals surface area (Å²) in [5.74, 6) is -0.378. The van der Waals surface area contributed by atoms with Crippen LogP contribution in [-0.4, -0.2) is 45.2 Å². The van der Waals surface area contributed by atoms with Crippen molar-refractivity contribution in [3.05, 3.63) is 58.7 Å². The number of amides is 1. The minimum atomic E-state index is -0.296. The van der Waals surface area contributed by atoms with E-state index in [4.69, 9.17) is 0 Å². The molecule has 1 saturated heterocycles. The van der Waals surface area contributed by atoms with Gasteiger partial charge in [0.15, 0.2) is 5.65 Å². The van der Waals surface area contributed by atoms with E-state index >= 15 is 0 Å². The highest BCUT2D eigenvalue weighted by molar-refractivity contribution is 5.99. The van der Waals surface area contributed by atoms with Gasteiger partial charge in [0.2, 0.25) is 0 Å². The highest BCUT2D eigenvalue weighted by atomic mass is 19.1. The van der Waals surface area contributed by atoms with E-state index in [9.17, 15) is 9.18 Å². The minimum absolute atomic E-state index is 0.0825. The second-order valence-electron chi connectivity index (χ2n) is 6.97. The number of carbonyl (C=O) groups is 1. The Labute approximate surface area is 157 Å². The molecule has 3 aromatic rings. The number of piperazine rings is 1. The lowest BCUT2D eigenvalue weighted by molar-refractivity contribution is 0.0633. The number of hydrogen-bond donors (Lipinski definition) is 1. The zero-order chi connectivity index (χ0) is 19.1. The molecule has 140 valence electrons. The molecule has 4 rings (SSSR count). The van der Waals surface area contributed by atoms with Crippen LogP contribution in [0.2, 0.25) is 0 Å². The average Bonchev–Trinajstić information content (AvgIpc) is 2.93. The second kappa shape index (κ2) is 6.74. The monoisotopic (exact) mass is 367 g/mol. The fraction of sp³-hybridized carbons (Fsp3) is 0.350. The van der Waals surface area contributed by atoms with Crippen LogP contribution in [0.1, 0.15) is 33.4 Å². The first-order chi connectivity index (χ1) is 13.0. The molecule has 1 aliphatic rings. The molecule has 2 aromatic heterocycles. The van der Waals surface area contributed by atoms with E-state index < -0.39 is 0 Å². The Morgan fingerprint density at radius 1 is 1.26 bits per heavy atom. The van der Waals surface area contributed by atoms with Crippen molar-refractivity contribution < 1.29 is 9.18 Å². The Bertz CT molecular complexity index is 1030. The number of benzene rings is 1. The fourth-order valence-electron chi connectivity index (χ4n) is 3.76. The number of halogens is 1. The van der Waals surface area contributed by atoms with Crippen LogP contribution >= 0.6 is 0 Å². The van der Waals surface area contributed by atoms with Crippen LogP contribution in [0.5, 0.6) is 0 Å². The van der Waals surface area contributed by atoms with Gasteiger partial charge in [-0.2, -0.15) is 5.10 Å². The molecule has 1 aromatic carbocycles. The van der Waals surface area contributed by atoms with Crippen molar-refractivity contribution in [2.45, 2.75) is 19.9 Å². The molecule has 1 atom stereocenters. The van der Waals surface area contributed by atoms with Gasteiger partial charge in [-0.25, -0.2) is 9.37 Å². The molecule has 6 nitrogen and oxygen atoms in total. The largest absolute Gasteiger partial charge is 0.329 e. The highest BCUT2D eigenvalue weighted by Crippen LogP contribution is 2.27. The molecule has 0 aliphatic carbocycles. The first-order valence-corrected chi connectivity index (χ1v) is 9.04. The van der Waals surface area contributed by atoms with Gasteiger partial charge in [0.1, 0.15) is 5.82 Å². The number of hydrogen-bond acceptors (Lipinski definition) is 4. The number of rotatable bonds is 2. The molecule has 0 spiro atoms. The molecular formula is C20H22FN5O. The summed E-state index contributed by atoms with van der Waals surface area (Å²) in [6.45, 7) is 5.61. The predicted molar refractivity (Wildman–Crippen MR) is 101 cm³/mol. The van der Waals surface area contributed by atoms with Crippen molar-refractivity contribution in [2.75, 3.05) is 19.6 Å². The summed E-state index contributed by atoms with van der Waals surface area (Å²) in [5, 5.41) is 8.57. The van der Waals surface area contributed by atoms with Crippen LogP contribution in [0.3, 0.4) is 0 Å². The Morgan fingerprint density at radius 3 is 2.85 bits per heavy atom. The summed E-state index contributed by atoms with van der Waals surface area (Å²) in [4.78, 5) is 19.8. The maximum absolute atomic E-state index is 13.7. The number of aromatic nitrogens is 3. The maximum atomic E-state index is 13.7. The van der Waals surface area contributed by atoms with E-state index in [1.165, 1.54) is 12.1 Å². The van der Waals surface area contributed by atoms with Crippen LogP contribution in [0, 0.1) is 19.7 Å². The van der Waals surface area contributed by atoms with Gasteiger partial charge in [0.05, 0.1) is 23.0 Å². The highest BCUT2D eigenvalue weighted by Gasteiger charge is 2.30. The van der Waals surface area contributed by atoms with Gasteiger partial charge in [-0.1, -0.05) is 12.1 Å². The first-order valence-electron chi connectivity index (χ1n) is 9.04. The van der Waals surface area contributed by atoms with E-state index in [1.54, 1.807) is 10.7 Å². The number of nitrogens with zero attached hydrogens (tertiary/aromatic N) is 4. The maximum Gasteiger partial charge on any atom is 0.256 e. The van der Waals surface area contributed by atoms with Crippen LogP contribution in [0.25, 0.3) is 11.0 Å². The van der Waals surface area contributed by atoms with E-state index in [0.717, 1.165) is 22.3 Å². The van der Waals surface area contributed by atoms with E-state index in [2.05, 4.69) is 15.4 Å². The third-order valence-electron chi connectivity index (χ3n) is 5.16. The van der Waals surface area contributed by atoms with Crippen LogP contribution in [-0.2, 0) is 7.05 Å². The Morgan fingerprint density at radius 2 is 2.07 bits per heavy atom. The molecule has 1 fully saturated rings. The Balaban J connectivity index is 1.75. The van der Waals surface area contributed by atoms with Crippen LogP contribution < -0.4 is 5.32 Å². The summed E-state index contributed by atoms with van der Waals surface area (Å²) < 4.78 is 15.4. The third kappa shape index (κ3) is 3.08. The molecule has 0 bridgehead atoms. The van der Waals surface area contributed by atoms with Gasteiger partial charge < -0.3 is 10.2 Å². The molecule has 0 radical (unpaired) electrons. The number of nitrogens with one attached hydrogen (secondary N) is 1. The van der Waals surface area contributed by atoms with Crippen LogP contribution in [0.15, 0.2) is 30.3 Å². The van der Waals surface area contributed by atoms with Gasteiger partial charge in [0, 0.05) is 32.1 Å². The summed E-state index contributed by atoms with van der Waals surface area (Å²) in [5.41, 5.74) is 3.65. The van der Waals surface area contributed by atoms with Gasteiger partial charge in [-0.15, -0.1) is 0 Å². The summed E-state index contributed by atoms with van der Waals surface area (Å²) in [7, 11) is 1.85. The predicted octanol–water partition coefficient (Wildman–Crippen LogP) is 2.51. The van der Waals surface area contributed by atoms with Gasteiger partial charge in [0.25, 0.3) is 5.91 Å². The standard InChI is InChI=1S/C20H22FN5O/c1-12-17(10-16-13(2)24-25(3)19(16)23-12)20(27)26-8-7-22-11-18(26)14-5-4-6-15(21)9-14/h4-6,9-10,18,22H,7-8,11H2,1-3H3. The zero-order valence-corrected chi connectivity index (χ0v) is 15.7. The van der Waals surface area contributed by atoms with Crippen molar-refractivity contribution in [3.63, 3.8) is 0 Å². The van der Waals surface area contributed by atoms with Crippen LogP contribution in [0.4, 0.5) is 4.39 Å². The lowest BCUT2D eigenvalue weighted by atomic mass is 10.0. The third-order valence-corrected chi connectivity index (χ3v) is 5.16. The van der Waals surface area contributed by atoms with E-state index in [1.807, 2.05) is 37.9 Å². The van der Waals surface area contributed by atoms with Gasteiger partial charge in [-0.3, -0.25) is 9.48 Å². The fourth-order valence-corrected chi connectivity index (χ4v) is 3.76. The SMILES string of the molecule is Cc1nc2c(cc1C(=O)N1CCNCC1c1cccc(F)c1)c(C)nn2C. The van der Waals surface area contributed by atoms with Crippen molar-refractivity contribution in [3.8, 4) is 0 Å². The summed E-state index contributed by atoms with van der Waals surface area (Å²) in [6.07, 6.45) is 0. The average molecular weight is 367 g/mol. The van der Waals surface area contributed by atoms with Crippen molar-refractivity contribution in [1.29, 1.82) is 0 Å². The number of pyridine rings is 1. The number of fused-ring (bicyclic) bond motifs is 1. The molecule has 1 amide bonds. The van der Waals surface area contributed by atoms with E-state index in [0.29, 0.717) is 30.9 Å². The van der Waals surface area contributed by atoms with Gasteiger partial charge >= 0.3 is 0 Å². The quantitative estimate of drug-likeness (QED) is 0.756. The lowest BCUT2D eigenvalue weighted by Crippen LogP contribution is -2.48. The molecule has 7 heteroatoms. The normalized spacial score (nSPS) is 17.5. The van der Waals surface area contributed by atoms with Crippen molar-refractivity contribution in [2.24, 2.45) is 7.05 Å². The summed E-state index contributed by atoms with van der Waals surface area (Å²) >= 11 is 0.